The van der Waals surface area contributed by atoms with Crippen molar-refractivity contribution in [3.8, 4) is 5.88 Å². The van der Waals surface area contributed by atoms with Crippen LogP contribution < -0.4 is 14.4 Å². The first-order valence-electron chi connectivity index (χ1n) is 9.04. The molecule has 0 saturated heterocycles. The predicted octanol–water partition coefficient (Wildman–Crippen LogP) is 5.02. The molecule has 2 aromatic carbocycles. The molecule has 4 rings (SSSR count). The molecule has 2 heterocycles. The number of sulfonamides is 1. The number of rotatable bonds is 4. The zero-order valence-corrected chi connectivity index (χ0v) is 19.1. The van der Waals surface area contributed by atoms with Gasteiger partial charge in [0.05, 0.1) is 44.0 Å². The first-order chi connectivity index (χ1) is 15.2. The van der Waals surface area contributed by atoms with E-state index in [1.165, 1.54) is 24.4 Å². The summed E-state index contributed by atoms with van der Waals surface area (Å²) in [5.74, 6) is -1.28. The molecule has 3 aromatic rings. The molecule has 7 nitrogen and oxygen atoms in total. The molecule has 12 heteroatoms. The van der Waals surface area contributed by atoms with E-state index in [0.717, 1.165) is 22.5 Å². The van der Waals surface area contributed by atoms with Gasteiger partial charge in [0.2, 0.25) is 5.88 Å². The summed E-state index contributed by atoms with van der Waals surface area (Å²) < 4.78 is 46.4. The van der Waals surface area contributed by atoms with E-state index in [1.807, 2.05) is 0 Å². The molecule has 1 aromatic heterocycles. The summed E-state index contributed by atoms with van der Waals surface area (Å²) in [5.41, 5.74) is 0.350. The van der Waals surface area contributed by atoms with Crippen molar-refractivity contribution in [2.75, 3.05) is 22.8 Å². The number of anilines is 2. The van der Waals surface area contributed by atoms with Crippen LogP contribution in [-0.2, 0) is 10.0 Å². The van der Waals surface area contributed by atoms with Crippen LogP contribution in [0.25, 0.3) is 0 Å². The number of fused-ring (bicyclic) bond motifs is 1. The highest BCUT2D eigenvalue weighted by Crippen LogP contribution is 2.36. The molecule has 0 radical (unpaired) electrons. The Bertz CT molecular complexity index is 1320. The number of nitrogens with zero attached hydrogens (tertiary/aromatic N) is 2. The van der Waals surface area contributed by atoms with Crippen molar-refractivity contribution in [1.82, 2.24) is 4.98 Å². The lowest BCUT2D eigenvalue weighted by atomic mass is 10.2. The van der Waals surface area contributed by atoms with E-state index in [1.54, 1.807) is 6.07 Å². The van der Waals surface area contributed by atoms with E-state index in [9.17, 15) is 17.6 Å². The van der Waals surface area contributed by atoms with E-state index < -0.39 is 21.7 Å². The number of carbonyl (C=O) groups is 1. The van der Waals surface area contributed by atoms with Gasteiger partial charge in [0.25, 0.3) is 15.9 Å². The summed E-state index contributed by atoms with van der Waals surface area (Å²) in [7, 11) is -4.12. The molecule has 1 aliphatic heterocycles. The summed E-state index contributed by atoms with van der Waals surface area (Å²) in [5, 5.41) is 2.59. The first-order valence-corrected chi connectivity index (χ1v) is 11.6. The van der Waals surface area contributed by atoms with Crippen LogP contribution in [0.15, 0.2) is 53.6 Å². The molecule has 1 amide bonds. The van der Waals surface area contributed by atoms with Crippen molar-refractivity contribution in [3.63, 3.8) is 0 Å². The fourth-order valence-corrected chi connectivity index (χ4v) is 5.35. The Morgan fingerprint density at radius 1 is 1.09 bits per heavy atom. The maximum absolute atomic E-state index is 13.5. The zero-order valence-electron chi connectivity index (χ0n) is 16.0. The van der Waals surface area contributed by atoms with E-state index in [4.69, 9.17) is 39.5 Å². The van der Waals surface area contributed by atoms with Crippen LogP contribution in [0.3, 0.4) is 0 Å². The molecule has 0 atom stereocenters. The van der Waals surface area contributed by atoms with Crippen molar-refractivity contribution in [3.05, 3.63) is 75.1 Å². The highest BCUT2D eigenvalue weighted by molar-refractivity contribution is 7.92. The number of benzene rings is 2. The Labute approximate surface area is 197 Å². The van der Waals surface area contributed by atoms with Crippen LogP contribution >= 0.6 is 34.8 Å². The molecule has 32 heavy (non-hydrogen) atoms. The number of pyridine rings is 1. The minimum Gasteiger partial charge on any atom is -0.474 e. The summed E-state index contributed by atoms with van der Waals surface area (Å²) in [6.45, 7) is 0.0227. The first kappa shape index (κ1) is 22.6. The Hall–Kier alpha value is -2.59. The summed E-state index contributed by atoms with van der Waals surface area (Å²) in [4.78, 5) is 16.6. The number of hydrogen-bond donors (Lipinski definition) is 1. The van der Waals surface area contributed by atoms with Gasteiger partial charge in [-0.3, -0.25) is 9.10 Å². The molecule has 1 aliphatic rings. The van der Waals surface area contributed by atoms with Crippen molar-refractivity contribution >= 4 is 62.1 Å². The number of amides is 1. The second-order valence-electron chi connectivity index (χ2n) is 6.60. The van der Waals surface area contributed by atoms with Gasteiger partial charge in [0.1, 0.15) is 18.1 Å². The average molecular weight is 517 g/mol. The third-order valence-electron chi connectivity index (χ3n) is 4.56. The van der Waals surface area contributed by atoms with Crippen molar-refractivity contribution in [2.24, 2.45) is 0 Å². The minimum atomic E-state index is -4.12. The molecule has 0 fully saturated rings. The monoisotopic (exact) mass is 515 g/mol. The van der Waals surface area contributed by atoms with Gasteiger partial charge in [-0.2, -0.15) is 0 Å². The maximum atomic E-state index is 13.5. The minimum absolute atomic E-state index is 0.0280. The fraction of sp³-hybridized carbons (Fsp3) is 0.100. The lowest BCUT2D eigenvalue weighted by Gasteiger charge is -2.30. The summed E-state index contributed by atoms with van der Waals surface area (Å²) in [6, 6.07) is 9.14. The standard InChI is InChI=1S/C20H13Cl3FN3O4S/c21-13-2-1-3-14(22)18(13)19(28)26-11-8-17-20(25-10-11)31-7-6-27(17)32(29,30)12-4-5-16(24)15(23)9-12/h1-5,8-10H,6-7H2,(H,26,28). The highest BCUT2D eigenvalue weighted by Gasteiger charge is 2.32. The third kappa shape index (κ3) is 4.21. The van der Waals surface area contributed by atoms with Crippen LogP contribution in [0.5, 0.6) is 5.88 Å². The molecular formula is C20H13Cl3FN3O4S. The number of hydrogen-bond acceptors (Lipinski definition) is 5. The largest absolute Gasteiger partial charge is 0.474 e. The van der Waals surface area contributed by atoms with E-state index in [0.29, 0.717) is 0 Å². The van der Waals surface area contributed by atoms with Crippen molar-refractivity contribution in [1.29, 1.82) is 0 Å². The molecule has 0 saturated carbocycles. The number of nitrogens with one attached hydrogen (secondary N) is 1. The second-order valence-corrected chi connectivity index (χ2v) is 9.68. The number of aromatic nitrogens is 1. The van der Waals surface area contributed by atoms with Gasteiger partial charge in [0.15, 0.2) is 0 Å². The van der Waals surface area contributed by atoms with Crippen LogP contribution in [0.1, 0.15) is 10.4 Å². The third-order valence-corrected chi connectivity index (χ3v) is 7.29. The van der Waals surface area contributed by atoms with Gasteiger partial charge >= 0.3 is 0 Å². The lowest BCUT2D eigenvalue weighted by molar-refractivity contribution is 0.102. The van der Waals surface area contributed by atoms with Gasteiger partial charge < -0.3 is 10.1 Å². The molecule has 0 unspecified atom stereocenters. The highest BCUT2D eigenvalue weighted by atomic mass is 35.5. The Morgan fingerprint density at radius 2 is 1.81 bits per heavy atom. The van der Waals surface area contributed by atoms with Crippen LogP contribution in [0.4, 0.5) is 15.8 Å². The molecular weight excluding hydrogens is 504 g/mol. The number of ether oxygens (including phenoxy) is 1. The topological polar surface area (TPSA) is 88.6 Å². The normalized spacial score (nSPS) is 13.3. The second kappa shape index (κ2) is 8.74. The maximum Gasteiger partial charge on any atom is 0.264 e. The van der Waals surface area contributed by atoms with Gasteiger partial charge in [-0.25, -0.2) is 17.8 Å². The molecule has 0 aliphatic carbocycles. The Morgan fingerprint density at radius 3 is 2.50 bits per heavy atom. The van der Waals surface area contributed by atoms with Crippen LogP contribution in [0.2, 0.25) is 15.1 Å². The van der Waals surface area contributed by atoms with Crippen LogP contribution in [-0.4, -0.2) is 32.5 Å². The SMILES string of the molecule is O=C(Nc1cnc2c(c1)N(S(=O)(=O)c1ccc(F)c(Cl)c1)CCO2)c1c(Cl)cccc1Cl. The van der Waals surface area contributed by atoms with Gasteiger partial charge in [-0.1, -0.05) is 40.9 Å². The summed E-state index contributed by atoms with van der Waals surface area (Å²) in [6.07, 6.45) is 1.31. The van der Waals surface area contributed by atoms with Gasteiger partial charge in [-0.05, 0) is 36.4 Å². The fourth-order valence-electron chi connectivity index (χ4n) is 3.07. The van der Waals surface area contributed by atoms with E-state index >= 15 is 0 Å². The van der Waals surface area contributed by atoms with Crippen LogP contribution in [0, 0.1) is 5.82 Å². The van der Waals surface area contributed by atoms with Crippen molar-refractivity contribution in [2.45, 2.75) is 4.90 Å². The molecule has 166 valence electrons. The average Bonchev–Trinajstić information content (AvgIpc) is 2.75. The molecule has 0 bridgehead atoms. The smallest absolute Gasteiger partial charge is 0.264 e. The quantitative estimate of drug-likeness (QED) is 0.526. The van der Waals surface area contributed by atoms with E-state index in [2.05, 4.69) is 10.3 Å². The van der Waals surface area contributed by atoms with Crippen molar-refractivity contribution < 1.29 is 22.3 Å². The molecule has 0 spiro atoms. The van der Waals surface area contributed by atoms with E-state index in [-0.39, 0.29) is 55.9 Å². The predicted molar refractivity (Wildman–Crippen MR) is 120 cm³/mol. The summed E-state index contributed by atoms with van der Waals surface area (Å²) >= 11 is 17.9. The lowest BCUT2D eigenvalue weighted by Crippen LogP contribution is -2.38. The Balaban J connectivity index is 1.69. The number of halogens is 4. The van der Waals surface area contributed by atoms with Gasteiger partial charge in [0, 0.05) is 0 Å². The van der Waals surface area contributed by atoms with Gasteiger partial charge in [-0.15, -0.1) is 0 Å². The zero-order chi connectivity index (χ0) is 23.0. The Kier molecular flexibility index (Phi) is 6.17. The number of carbonyl (C=O) groups excluding carboxylic acids is 1. The molecule has 1 N–H and O–H groups in total.